The summed E-state index contributed by atoms with van der Waals surface area (Å²) in [4.78, 5) is 24.4. The fraction of sp³-hybridized carbons (Fsp3) is 0.304. The van der Waals surface area contributed by atoms with Crippen LogP contribution in [0.25, 0.3) is 6.08 Å². The third kappa shape index (κ3) is 5.81. The van der Waals surface area contributed by atoms with E-state index in [0.29, 0.717) is 5.56 Å². The molecule has 0 saturated heterocycles. The summed E-state index contributed by atoms with van der Waals surface area (Å²) in [6, 6.07) is 18.4. The molecule has 27 heavy (non-hydrogen) atoms. The molecule has 0 bridgehead atoms. The highest BCUT2D eigenvalue weighted by atomic mass is 16.6. The van der Waals surface area contributed by atoms with Crippen LogP contribution in [-0.2, 0) is 14.3 Å². The van der Waals surface area contributed by atoms with Crippen LogP contribution in [0.2, 0.25) is 0 Å². The SMILES string of the molecule is CC(OC(=O)C=Cc1ccccc1)C(C)(C)C(C)OC(=O)c1ccccc1. The molecule has 0 amide bonds. The first kappa shape index (κ1) is 20.4. The quantitative estimate of drug-likeness (QED) is 0.516. The molecular weight excluding hydrogens is 340 g/mol. The topological polar surface area (TPSA) is 52.6 Å². The zero-order chi connectivity index (χ0) is 19.9. The van der Waals surface area contributed by atoms with Gasteiger partial charge in [-0.2, -0.15) is 0 Å². The lowest BCUT2D eigenvalue weighted by Crippen LogP contribution is -2.42. The van der Waals surface area contributed by atoms with Crippen LogP contribution >= 0.6 is 0 Å². The van der Waals surface area contributed by atoms with Gasteiger partial charge in [-0.1, -0.05) is 62.4 Å². The second-order valence-corrected chi connectivity index (χ2v) is 7.06. The van der Waals surface area contributed by atoms with E-state index in [1.165, 1.54) is 6.08 Å². The van der Waals surface area contributed by atoms with E-state index in [1.807, 2.05) is 57.2 Å². The Bertz CT molecular complexity index is 779. The molecular formula is C23H26O4. The average molecular weight is 366 g/mol. The molecule has 0 aliphatic carbocycles. The molecule has 2 rings (SSSR count). The Morgan fingerprint density at radius 2 is 1.37 bits per heavy atom. The zero-order valence-corrected chi connectivity index (χ0v) is 16.2. The van der Waals surface area contributed by atoms with Gasteiger partial charge in [0.2, 0.25) is 0 Å². The standard InChI is InChI=1S/C23H26O4/c1-17(26-21(24)16-15-19-11-7-5-8-12-19)23(3,4)18(2)27-22(25)20-13-9-6-10-14-20/h5-18H,1-4H3. The third-order valence-electron chi connectivity index (χ3n) is 4.89. The number of rotatable bonds is 7. The van der Waals surface area contributed by atoms with E-state index in [2.05, 4.69) is 0 Å². The number of carbonyl (C=O) groups is 2. The molecule has 2 atom stereocenters. The van der Waals surface area contributed by atoms with E-state index in [4.69, 9.17) is 9.47 Å². The third-order valence-corrected chi connectivity index (χ3v) is 4.89. The second-order valence-electron chi connectivity index (χ2n) is 7.06. The molecule has 142 valence electrons. The van der Waals surface area contributed by atoms with Crippen LogP contribution in [0.1, 0.15) is 43.6 Å². The molecule has 0 fully saturated rings. The summed E-state index contributed by atoms with van der Waals surface area (Å²) in [7, 11) is 0. The highest BCUT2D eigenvalue weighted by Crippen LogP contribution is 2.30. The zero-order valence-electron chi connectivity index (χ0n) is 16.2. The minimum Gasteiger partial charge on any atom is -0.459 e. The van der Waals surface area contributed by atoms with Gasteiger partial charge in [-0.15, -0.1) is 0 Å². The van der Waals surface area contributed by atoms with Gasteiger partial charge in [0.25, 0.3) is 0 Å². The van der Waals surface area contributed by atoms with Crippen molar-refractivity contribution >= 4 is 18.0 Å². The van der Waals surface area contributed by atoms with E-state index in [1.54, 1.807) is 37.3 Å². The van der Waals surface area contributed by atoms with Crippen LogP contribution in [0.4, 0.5) is 0 Å². The summed E-state index contributed by atoms with van der Waals surface area (Å²) in [6.07, 6.45) is 2.24. The van der Waals surface area contributed by atoms with Crippen molar-refractivity contribution in [3.05, 3.63) is 77.9 Å². The smallest absolute Gasteiger partial charge is 0.338 e. The molecule has 2 unspecified atom stereocenters. The highest BCUT2D eigenvalue weighted by molar-refractivity contribution is 5.89. The van der Waals surface area contributed by atoms with Gasteiger partial charge in [-0.05, 0) is 37.6 Å². The summed E-state index contributed by atoms with van der Waals surface area (Å²) >= 11 is 0. The lowest BCUT2D eigenvalue weighted by molar-refractivity contribution is -0.152. The van der Waals surface area contributed by atoms with Gasteiger partial charge in [0, 0.05) is 11.5 Å². The largest absolute Gasteiger partial charge is 0.459 e. The second kappa shape index (κ2) is 9.17. The van der Waals surface area contributed by atoms with Crippen molar-refractivity contribution in [2.24, 2.45) is 5.41 Å². The summed E-state index contributed by atoms with van der Waals surface area (Å²) < 4.78 is 11.1. The first-order chi connectivity index (χ1) is 12.8. The Kier molecular flexibility index (Phi) is 6.94. The average Bonchev–Trinajstić information content (AvgIpc) is 2.67. The predicted octanol–water partition coefficient (Wildman–Crippen LogP) is 4.90. The monoisotopic (exact) mass is 366 g/mol. The molecule has 0 aromatic heterocycles. The van der Waals surface area contributed by atoms with Gasteiger partial charge in [0.05, 0.1) is 5.56 Å². The van der Waals surface area contributed by atoms with Crippen molar-refractivity contribution in [1.29, 1.82) is 0 Å². The van der Waals surface area contributed by atoms with Gasteiger partial charge in [-0.3, -0.25) is 0 Å². The number of hydrogen-bond donors (Lipinski definition) is 0. The van der Waals surface area contributed by atoms with E-state index in [9.17, 15) is 9.59 Å². The molecule has 0 aliphatic rings. The van der Waals surface area contributed by atoms with Crippen LogP contribution in [0, 0.1) is 5.41 Å². The minimum atomic E-state index is -0.555. The fourth-order valence-corrected chi connectivity index (χ4v) is 2.38. The number of benzene rings is 2. The van der Waals surface area contributed by atoms with E-state index in [0.717, 1.165) is 5.56 Å². The Morgan fingerprint density at radius 3 is 1.96 bits per heavy atom. The lowest BCUT2D eigenvalue weighted by Gasteiger charge is -2.36. The summed E-state index contributed by atoms with van der Waals surface area (Å²) in [5.41, 5.74) is 0.864. The first-order valence-electron chi connectivity index (χ1n) is 9.00. The molecule has 0 spiro atoms. The van der Waals surface area contributed by atoms with Gasteiger partial charge in [0.15, 0.2) is 0 Å². The molecule has 2 aromatic carbocycles. The molecule has 0 aliphatic heterocycles. The maximum Gasteiger partial charge on any atom is 0.338 e. The number of esters is 2. The van der Waals surface area contributed by atoms with Crippen molar-refractivity contribution in [3.63, 3.8) is 0 Å². The molecule has 4 nitrogen and oxygen atoms in total. The molecule has 0 N–H and O–H groups in total. The van der Waals surface area contributed by atoms with E-state index in [-0.39, 0.29) is 0 Å². The highest BCUT2D eigenvalue weighted by Gasteiger charge is 2.37. The van der Waals surface area contributed by atoms with Crippen LogP contribution < -0.4 is 0 Å². The van der Waals surface area contributed by atoms with Gasteiger partial charge < -0.3 is 9.47 Å². The Hall–Kier alpha value is -2.88. The molecule has 0 heterocycles. The number of ether oxygens (including phenoxy) is 2. The van der Waals surface area contributed by atoms with Crippen molar-refractivity contribution in [3.8, 4) is 0 Å². The number of hydrogen-bond acceptors (Lipinski definition) is 4. The van der Waals surface area contributed by atoms with Crippen molar-refractivity contribution < 1.29 is 19.1 Å². The summed E-state index contributed by atoms with van der Waals surface area (Å²) in [5, 5.41) is 0. The van der Waals surface area contributed by atoms with Gasteiger partial charge in [-0.25, -0.2) is 9.59 Å². The van der Waals surface area contributed by atoms with Gasteiger partial charge >= 0.3 is 11.9 Å². The summed E-state index contributed by atoms with van der Waals surface area (Å²) in [6.45, 7) is 7.44. The van der Waals surface area contributed by atoms with Gasteiger partial charge in [0.1, 0.15) is 12.2 Å². The van der Waals surface area contributed by atoms with Crippen LogP contribution in [0.5, 0.6) is 0 Å². The lowest BCUT2D eigenvalue weighted by atomic mass is 9.82. The van der Waals surface area contributed by atoms with Crippen LogP contribution in [0.15, 0.2) is 66.7 Å². The Morgan fingerprint density at radius 1 is 0.852 bits per heavy atom. The van der Waals surface area contributed by atoms with E-state index < -0.39 is 29.6 Å². The minimum absolute atomic E-state index is 0.390. The van der Waals surface area contributed by atoms with E-state index >= 15 is 0 Å². The molecule has 2 aromatic rings. The van der Waals surface area contributed by atoms with Crippen molar-refractivity contribution in [2.75, 3.05) is 0 Å². The Labute approximate surface area is 160 Å². The maximum absolute atomic E-state index is 12.3. The normalized spacial score (nSPS) is 13.8. The molecule has 0 saturated carbocycles. The molecule has 4 heteroatoms. The van der Waals surface area contributed by atoms with Crippen molar-refractivity contribution in [1.82, 2.24) is 0 Å². The number of carbonyl (C=O) groups excluding carboxylic acids is 2. The van der Waals surface area contributed by atoms with Crippen LogP contribution in [0.3, 0.4) is 0 Å². The summed E-state index contributed by atoms with van der Waals surface area (Å²) in [5.74, 6) is -0.820. The molecule has 0 radical (unpaired) electrons. The Balaban J connectivity index is 1.94. The predicted molar refractivity (Wildman–Crippen MR) is 106 cm³/mol. The maximum atomic E-state index is 12.3. The fourth-order valence-electron chi connectivity index (χ4n) is 2.38. The first-order valence-corrected chi connectivity index (χ1v) is 9.00. The van der Waals surface area contributed by atoms with Crippen LogP contribution in [-0.4, -0.2) is 24.1 Å². The van der Waals surface area contributed by atoms with Crippen molar-refractivity contribution in [2.45, 2.75) is 39.9 Å².